The molecule has 7 nitrogen and oxygen atoms in total. The number of nitrogens with two attached hydrogens (primary N) is 1. The van der Waals surface area contributed by atoms with E-state index in [9.17, 15) is 27.2 Å². The lowest BCUT2D eigenvalue weighted by atomic mass is 9.37. The first-order valence-electron chi connectivity index (χ1n) is 9.80. The van der Waals surface area contributed by atoms with E-state index >= 15 is 0 Å². The highest BCUT2D eigenvalue weighted by Gasteiger charge is 2.73. The van der Waals surface area contributed by atoms with E-state index in [4.69, 9.17) is 26.8 Å². The standard InChI is InChI=1S/C21H18ClF4N3O4/c22-13-2-1-12(5-14(13)23)33-17(18(27)31)19-8-20(9-19,10-19)29-16(30)7-32-11-3-4-28-15(6-11)21(24,25)26/h1-6,17H,7-10H2,(H2,27,31)(H,29,30). The van der Waals surface area contributed by atoms with Crippen molar-refractivity contribution >= 4 is 23.4 Å². The van der Waals surface area contributed by atoms with Gasteiger partial charge in [-0.3, -0.25) is 14.6 Å². The van der Waals surface area contributed by atoms with Crippen LogP contribution >= 0.6 is 11.6 Å². The molecule has 0 saturated heterocycles. The number of benzene rings is 1. The fourth-order valence-corrected chi connectivity index (χ4v) is 4.70. The van der Waals surface area contributed by atoms with Crippen molar-refractivity contribution in [2.75, 3.05) is 6.61 Å². The lowest BCUT2D eigenvalue weighted by Gasteiger charge is -2.71. The summed E-state index contributed by atoms with van der Waals surface area (Å²) in [6, 6.07) is 5.70. The molecule has 5 rings (SSSR count). The summed E-state index contributed by atoms with van der Waals surface area (Å²) in [5, 5.41) is 2.70. The molecule has 3 N–H and O–H groups in total. The molecular weight excluding hydrogens is 470 g/mol. The maximum atomic E-state index is 13.7. The Morgan fingerprint density at radius 1 is 1.18 bits per heavy atom. The SMILES string of the molecule is NC(=O)C(Oc1ccc(Cl)c(F)c1)C12CC(NC(=O)COc3ccnc(C(F)(F)F)c3)(C1)C2. The Hall–Kier alpha value is -3.08. The second-order valence-electron chi connectivity index (χ2n) is 8.36. The van der Waals surface area contributed by atoms with E-state index in [1.165, 1.54) is 18.2 Å². The van der Waals surface area contributed by atoms with E-state index in [2.05, 4.69) is 10.3 Å². The molecule has 3 aliphatic carbocycles. The molecule has 1 aromatic heterocycles. The van der Waals surface area contributed by atoms with Crippen LogP contribution < -0.4 is 20.5 Å². The van der Waals surface area contributed by atoms with Gasteiger partial charge in [0.25, 0.3) is 11.8 Å². The summed E-state index contributed by atoms with van der Waals surface area (Å²) in [6.07, 6.45) is -3.49. The lowest BCUT2D eigenvalue weighted by molar-refractivity contribution is -0.208. The average Bonchev–Trinajstić information content (AvgIpc) is 2.68. The van der Waals surface area contributed by atoms with Crippen LogP contribution in [0, 0.1) is 11.2 Å². The molecule has 2 amide bonds. The topological polar surface area (TPSA) is 104 Å². The summed E-state index contributed by atoms with van der Waals surface area (Å²) in [5.74, 6) is -1.97. The van der Waals surface area contributed by atoms with E-state index in [1.807, 2.05) is 0 Å². The fraction of sp³-hybridized carbons (Fsp3) is 0.381. The van der Waals surface area contributed by atoms with Crippen molar-refractivity contribution in [1.82, 2.24) is 10.3 Å². The van der Waals surface area contributed by atoms with Crippen molar-refractivity contribution in [2.24, 2.45) is 11.1 Å². The molecule has 3 fully saturated rings. The molecule has 2 bridgehead atoms. The molecule has 0 aliphatic heterocycles. The number of rotatable bonds is 8. The second-order valence-corrected chi connectivity index (χ2v) is 8.77. The van der Waals surface area contributed by atoms with Crippen LogP contribution in [0.25, 0.3) is 0 Å². The zero-order valence-corrected chi connectivity index (χ0v) is 17.7. The van der Waals surface area contributed by atoms with Crippen molar-refractivity contribution in [3.8, 4) is 11.5 Å². The number of nitrogens with one attached hydrogen (secondary N) is 1. The van der Waals surface area contributed by atoms with Crippen LogP contribution in [0.4, 0.5) is 17.6 Å². The number of alkyl halides is 3. The Kier molecular flexibility index (Phi) is 5.63. The number of hydrogen-bond donors (Lipinski definition) is 2. The minimum absolute atomic E-state index is 0.0891. The number of nitrogens with zero attached hydrogens (tertiary/aromatic N) is 1. The third-order valence-electron chi connectivity index (χ3n) is 5.83. The largest absolute Gasteiger partial charge is 0.484 e. The molecule has 3 aliphatic rings. The first-order chi connectivity index (χ1) is 15.4. The molecule has 0 spiro atoms. The summed E-state index contributed by atoms with van der Waals surface area (Å²) in [4.78, 5) is 27.5. The van der Waals surface area contributed by atoms with Gasteiger partial charge in [-0.25, -0.2) is 4.39 Å². The van der Waals surface area contributed by atoms with Gasteiger partial charge in [0.1, 0.15) is 23.0 Å². The summed E-state index contributed by atoms with van der Waals surface area (Å²) >= 11 is 5.65. The van der Waals surface area contributed by atoms with E-state index in [-0.39, 0.29) is 16.5 Å². The van der Waals surface area contributed by atoms with Gasteiger partial charge in [0.15, 0.2) is 12.7 Å². The van der Waals surface area contributed by atoms with Gasteiger partial charge in [-0.15, -0.1) is 0 Å². The fourth-order valence-electron chi connectivity index (χ4n) is 4.58. The Balaban J connectivity index is 1.31. The number of carbonyl (C=O) groups excluding carboxylic acids is 2. The molecule has 1 aromatic carbocycles. The number of primary amides is 1. The van der Waals surface area contributed by atoms with Crippen LogP contribution in [0.1, 0.15) is 25.0 Å². The Morgan fingerprint density at radius 3 is 2.48 bits per heavy atom. The van der Waals surface area contributed by atoms with Gasteiger partial charge >= 0.3 is 6.18 Å². The van der Waals surface area contributed by atoms with Crippen molar-refractivity contribution in [3.05, 3.63) is 53.1 Å². The number of halogens is 5. The average molecular weight is 488 g/mol. The number of aromatic nitrogens is 1. The van der Waals surface area contributed by atoms with Crippen LogP contribution in [0.2, 0.25) is 5.02 Å². The number of amides is 2. The first kappa shape index (κ1) is 23.1. The quantitative estimate of drug-likeness (QED) is 0.556. The molecule has 12 heteroatoms. The molecular formula is C21H18ClF4N3O4. The second kappa shape index (κ2) is 8.05. The third-order valence-corrected chi connectivity index (χ3v) is 6.13. The van der Waals surface area contributed by atoms with Crippen LogP contribution in [0.15, 0.2) is 36.5 Å². The van der Waals surface area contributed by atoms with Crippen LogP contribution in [0.3, 0.4) is 0 Å². The van der Waals surface area contributed by atoms with Crippen molar-refractivity contribution < 1.29 is 36.6 Å². The van der Waals surface area contributed by atoms with Crippen LogP contribution in [0.5, 0.6) is 11.5 Å². The summed E-state index contributed by atoms with van der Waals surface area (Å²) in [5.41, 5.74) is 3.20. The van der Waals surface area contributed by atoms with Crippen LogP contribution in [-0.2, 0) is 15.8 Å². The molecule has 0 radical (unpaired) electrons. The molecule has 1 unspecified atom stereocenters. The molecule has 3 saturated carbocycles. The third kappa shape index (κ3) is 4.54. The molecule has 1 atom stereocenters. The van der Waals surface area contributed by atoms with E-state index < -0.39 is 53.2 Å². The maximum Gasteiger partial charge on any atom is 0.433 e. The first-order valence-corrected chi connectivity index (χ1v) is 10.2. The van der Waals surface area contributed by atoms with Gasteiger partial charge in [-0.2, -0.15) is 13.2 Å². The number of carbonyl (C=O) groups is 2. The highest BCUT2D eigenvalue weighted by atomic mass is 35.5. The number of pyridine rings is 1. The van der Waals surface area contributed by atoms with Crippen molar-refractivity contribution in [2.45, 2.75) is 37.1 Å². The van der Waals surface area contributed by atoms with Crippen LogP contribution in [-0.4, -0.2) is 35.0 Å². The van der Waals surface area contributed by atoms with Gasteiger partial charge in [0, 0.05) is 29.3 Å². The number of ether oxygens (including phenoxy) is 2. The summed E-state index contributed by atoms with van der Waals surface area (Å²) < 4.78 is 62.6. The predicted molar refractivity (Wildman–Crippen MR) is 107 cm³/mol. The highest BCUT2D eigenvalue weighted by Crippen LogP contribution is 2.69. The molecule has 1 heterocycles. The Labute approximate surface area is 190 Å². The lowest BCUT2D eigenvalue weighted by Crippen LogP contribution is -2.80. The minimum Gasteiger partial charge on any atom is -0.484 e. The van der Waals surface area contributed by atoms with Gasteiger partial charge in [0.2, 0.25) is 0 Å². The Bertz CT molecular complexity index is 1090. The van der Waals surface area contributed by atoms with E-state index in [1.54, 1.807) is 0 Å². The number of hydrogen-bond acceptors (Lipinski definition) is 5. The molecule has 176 valence electrons. The van der Waals surface area contributed by atoms with E-state index in [0.717, 1.165) is 12.3 Å². The monoisotopic (exact) mass is 487 g/mol. The minimum atomic E-state index is -4.63. The molecule has 33 heavy (non-hydrogen) atoms. The highest BCUT2D eigenvalue weighted by molar-refractivity contribution is 6.30. The van der Waals surface area contributed by atoms with Crippen molar-refractivity contribution in [1.29, 1.82) is 0 Å². The summed E-state index contributed by atoms with van der Waals surface area (Å²) in [7, 11) is 0. The van der Waals surface area contributed by atoms with Gasteiger partial charge < -0.3 is 20.5 Å². The Morgan fingerprint density at radius 2 is 1.88 bits per heavy atom. The zero-order valence-electron chi connectivity index (χ0n) is 16.9. The van der Waals surface area contributed by atoms with E-state index in [0.29, 0.717) is 25.3 Å². The summed E-state index contributed by atoms with van der Waals surface area (Å²) in [6.45, 7) is -0.490. The van der Waals surface area contributed by atoms with Crippen molar-refractivity contribution in [3.63, 3.8) is 0 Å². The molecule has 2 aromatic rings. The van der Waals surface area contributed by atoms with Gasteiger partial charge in [-0.1, -0.05) is 11.6 Å². The normalized spacial score (nSPS) is 24.2. The zero-order chi connectivity index (χ0) is 24.0. The van der Waals surface area contributed by atoms with Gasteiger partial charge in [0.05, 0.1) is 5.02 Å². The smallest absolute Gasteiger partial charge is 0.433 e. The predicted octanol–water partition coefficient (Wildman–Crippen LogP) is 3.24. The van der Waals surface area contributed by atoms with Gasteiger partial charge in [-0.05, 0) is 37.5 Å². The maximum absolute atomic E-state index is 13.7.